The topological polar surface area (TPSA) is 179 Å². The highest BCUT2D eigenvalue weighted by Crippen LogP contribution is 2.16. The summed E-state index contributed by atoms with van der Waals surface area (Å²) < 4.78 is 0. The first kappa shape index (κ1) is 19.5. The van der Waals surface area contributed by atoms with Gasteiger partial charge in [-0.15, -0.1) is 0 Å². The van der Waals surface area contributed by atoms with E-state index in [-0.39, 0.29) is 11.9 Å². The summed E-state index contributed by atoms with van der Waals surface area (Å²) in [5.41, 5.74) is 0. The van der Waals surface area contributed by atoms with E-state index in [1.54, 1.807) is 0 Å². The predicted octanol–water partition coefficient (Wildman–Crippen LogP) is -5.15. The van der Waals surface area contributed by atoms with Crippen LogP contribution in [0.5, 0.6) is 0 Å². The van der Waals surface area contributed by atoms with Crippen molar-refractivity contribution in [2.45, 2.75) is 6.29 Å². The molecule has 0 fully saturated rings. The van der Waals surface area contributed by atoms with Crippen LogP contribution in [0, 0.1) is 0 Å². The summed E-state index contributed by atoms with van der Waals surface area (Å²) in [6.07, 6.45) is -1.15. The molecule has 23 heavy (non-hydrogen) atoms. The number of nitrogens with zero attached hydrogens (tertiary/aromatic N) is 6. The molecule has 1 aliphatic heterocycles. The molecule has 0 aromatic carbocycles. The van der Waals surface area contributed by atoms with Crippen LogP contribution in [0.15, 0.2) is 9.98 Å². The fraction of sp³-hybridized carbons (Fsp3) is 0.800. The van der Waals surface area contributed by atoms with Crippen LogP contribution in [0.4, 0.5) is 0 Å². The minimum absolute atomic E-state index is 0.133. The first-order chi connectivity index (χ1) is 11.1. The zero-order valence-corrected chi connectivity index (χ0v) is 12.3. The van der Waals surface area contributed by atoms with Gasteiger partial charge < -0.3 is 35.7 Å². The molecule has 0 saturated heterocycles. The monoisotopic (exact) mass is 338 g/mol. The van der Waals surface area contributed by atoms with E-state index in [1.807, 2.05) is 0 Å². The third-order valence-corrected chi connectivity index (χ3v) is 3.06. The van der Waals surface area contributed by atoms with Crippen molar-refractivity contribution >= 4 is 11.9 Å². The molecule has 134 valence electrons. The van der Waals surface area contributed by atoms with Gasteiger partial charge in [0.1, 0.15) is 47.1 Å². The second kappa shape index (κ2) is 9.53. The summed E-state index contributed by atoms with van der Waals surface area (Å²) in [5, 5.41) is 65.1. The van der Waals surface area contributed by atoms with Crippen molar-refractivity contribution in [2.75, 3.05) is 47.1 Å². The zero-order chi connectivity index (χ0) is 17.4. The summed E-state index contributed by atoms with van der Waals surface area (Å²) in [5.74, 6) is -0.315. The van der Waals surface area contributed by atoms with Crippen molar-refractivity contribution in [3.05, 3.63) is 0 Å². The molecule has 0 saturated carbocycles. The van der Waals surface area contributed by atoms with E-state index >= 15 is 0 Å². The Kier molecular flexibility index (Phi) is 8.07. The van der Waals surface area contributed by atoms with E-state index in [2.05, 4.69) is 9.98 Å². The molecule has 1 atom stereocenters. The van der Waals surface area contributed by atoms with Gasteiger partial charge in [-0.3, -0.25) is 14.7 Å². The van der Waals surface area contributed by atoms with E-state index in [9.17, 15) is 35.7 Å². The van der Waals surface area contributed by atoms with Crippen LogP contribution in [-0.2, 0) is 0 Å². The van der Waals surface area contributed by atoms with Crippen molar-refractivity contribution in [1.82, 2.24) is 19.6 Å². The second-order valence-corrected chi connectivity index (χ2v) is 4.32. The SMILES string of the molecule is OCN(CO)C1=NC(N(CO)CO)N(CO)C(N(CO)CO)=N1. The van der Waals surface area contributed by atoms with Gasteiger partial charge in [-0.1, -0.05) is 0 Å². The molecule has 1 rings (SSSR count). The van der Waals surface area contributed by atoms with Gasteiger partial charge in [0.25, 0.3) is 0 Å². The summed E-state index contributed by atoms with van der Waals surface area (Å²) >= 11 is 0. The lowest BCUT2D eigenvalue weighted by Gasteiger charge is -2.41. The zero-order valence-electron chi connectivity index (χ0n) is 12.3. The molecule has 13 heteroatoms. The molecular formula is C10H22N6O7. The van der Waals surface area contributed by atoms with Crippen LogP contribution in [0.25, 0.3) is 0 Å². The van der Waals surface area contributed by atoms with E-state index in [0.717, 1.165) is 19.6 Å². The Hall–Kier alpha value is -1.58. The molecular weight excluding hydrogens is 316 g/mol. The lowest BCUT2D eigenvalue weighted by molar-refractivity contribution is -0.0640. The molecule has 0 amide bonds. The van der Waals surface area contributed by atoms with Gasteiger partial charge in [0, 0.05) is 0 Å². The first-order valence-electron chi connectivity index (χ1n) is 6.54. The molecule has 7 N–H and O–H groups in total. The van der Waals surface area contributed by atoms with Crippen LogP contribution >= 0.6 is 0 Å². The van der Waals surface area contributed by atoms with Crippen molar-refractivity contribution in [1.29, 1.82) is 0 Å². The standard InChI is InChI=1S/C10H22N6O7/c17-1-13(2-18)8-11-9(14(3-19)4-20)16(7-23)10(12-8)15(5-21)6-22/h9,17-23H,1-7H2. The maximum absolute atomic E-state index is 9.53. The molecule has 0 bridgehead atoms. The Balaban J connectivity index is 3.31. The summed E-state index contributed by atoms with van der Waals surface area (Å²) in [6, 6.07) is 0. The molecule has 1 aliphatic rings. The Labute approximate surface area is 131 Å². The predicted molar refractivity (Wildman–Crippen MR) is 75.6 cm³/mol. The molecule has 0 aromatic rings. The Morgan fingerprint density at radius 3 is 1.70 bits per heavy atom. The molecule has 1 unspecified atom stereocenters. The van der Waals surface area contributed by atoms with Gasteiger partial charge in [-0.25, -0.2) is 9.89 Å². The van der Waals surface area contributed by atoms with E-state index < -0.39 is 53.4 Å². The van der Waals surface area contributed by atoms with Crippen molar-refractivity contribution in [3.63, 3.8) is 0 Å². The highest BCUT2D eigenvalue weighted by molar-refractivity contribution is 5.96. The van der Waals surface area contributed by atoms with Gasteiger partial charge in [0.05, 0.1) is 0 Å². The van der Waals surface area contributed by atoms with Crippen LogP contribution < -0.4 is 0 Å². The minimum Gasteiger partial charge on any atom is -0.381 e. The number of aliphatic hydroxyl groups is 7. The lowest BCUT2D eigenvalue weighted by atomic mass is 10.5. The first-order valence-corrected chi connectivity index (χ1v) is 6.54. The minimum atomic E-state index is -1.15. The largest absolute Gasteiger partial charge is 0.381 e. The third kappa shape index (κ3) is 4.24. The Morgan fingerprint density at radius 2 is 1.30 bits per heavy atom. The summed E-state index contributed by atoms with van der Waals surface area (Å²) in [7, 11) is 0. The van der Waals surface area contributed by atoms with Crippen LogP contribution in [-0.4, -0.2) is 121 Å². The number of guanidine groups is 2. The van der Waals surface area contributed by atoms with Crippen molar-refractivity contribution in [3.8, 4) is 0 Å². The molecule has 0 aliphatic carbocycles. The highest BCUT2D eigenvalue weighted by atomic mass is 16.3. The van der Waals surface area contributed by atoms with Crippen LogP contribution in [0.3, 0.4) is 0 Å². The molecule has 0 aromatic heterocycles. The second-order valence-electron chi connectivity index (χ2n) is 4.32. The fourth-order valence-electron chi connectivity index (χ4n) is 1.81. The van der Waals surface area contributed by atoms with Crippen molar-refractivity contribution < 1.29 is 35.7 Å². The number of aliphatic imine (C=N–C) groups is 2. The number of rotatable bonds is 8. The number of aliphatic hydroxyl groups excluding tert-OH is 7. The van der Waals surface area contributed by atoms with E-state index in [4.69, 9.17) is 0 Å². The maximum atomic E-state index is 9.53. The Morgan fingerprint density at radius 1 is 0.783 bits per heavy atom. The lowest BCUT2D eigenvalue weighted by Crippen LogP contribution is -2.59. The smallest absolute Gasteiger partial charge is 0.230 e. The van der Waals surface area contributed by atoms with Gasteiger partial charge in [0.15, 0.2) is 6.29 Å². The van der Waals surface area contributed by atoms with Crippen LogP contribution in [0.2, 0.25) is 0 Å². The van der Waals surface area contributed by atoms with Gasteiger partial charge in [-0.05, 0) is 0 Å². The van der Waals surface area contributed by atoms with E-state index in [1.165, 1.54) is 0 Å². The normalized spacial score (nSPS) is 18.1. The van der Waals surface area contributed by atoms with Crippen LogP contribution in [0.1, 0.15) is 0 Å². The Bertz CT molecular complexity index is 411. The van der Waals surface area contributed by atoms with Gasteiger partial charge in [-0.2, -0.15) is 4.99 Å². The molecule has 0 radical (unpaired) electrons. The quantitative estimate of drug-likeness (QED) is 0.210. The average Bonchev–Trinajstić information content (AvgIpc) is 2.58. The van der Waals surface area contributed by atoms with Gasteiger partial charge in [0.2, 0.25) is 11.9 Å². The maximum Gasteiger partial charge on any atom is 0.230 e. The fourth-order valence-corrected chi connectivity index (χ4v) is 1.81. The summed E-state index contributed by atoms with van der Waals surface area (Å²) in [4.78, 5) is 12.0. The number of hydrogen-bond donors (Lipinski definition) is 7. The third-order valence-electron chi connectivity index (χ3n) is 3.06. The molecule has 13 nitrogen and oxygen atoms in total. The van der Waals surface area contributed by atoms with E-state index in [0.29, 0.717) is 0 Å². The molecule has 0 spiro atoms. The average molecular weight is 338 g/mol. The van der Waals surface area contributed by atoms with Crippen molar-refractivity contribution in [2.24, 2.45) is 9.98 Å². The summed E-state index contributed by atoms with van der Waals surface area (Å²) in [6.45, 7) is -4.48. The number of hydrogen-bond acceptors (Lipinski definition) is 13. The van der Waals surface area contributed by atoms with Gasteiger partial charge >= 0.3 is 0 Å². The highest BCUT2D eigenvalue weighted by Gasteiger charge is 2.34. The molecule has 1 heterocycles.